The van der Waals surface area contributed by atoms with Crippen LogP contribution in [0.3, 0.4) is 0 Å². The molecule has 1 unspecified atom stereocenters. The number of fused-ring (bicyclic) bond motifs is 1. The van der Waals surface area contributed by atoms with Crippen molar-refractivity contribution in [1.82, 2.24) is 4.98 Å². The van der Waals surface area contributed by atoms with E-state index in [0.717, 1.165) is 0 Å². The van der Waals surface area contributed by atoms with E-state index in [-0.39, 0.29) is 63.7 Å². The summed E-state index contributed by atoms with van der Waals surface area (Å²) < 4.78 is 73.5. The number of halogens is 2. The van der Waals surface area contributed by atoms with E-state index in [1.54, 1.807) is 0 Å². The maximum absolute atomic E-state index is 12.8. The van der Waals surface area contributed by atoms with E-state index < -0.39 is 29.9 Å². The van der Waals surface area contributed by atoms with Gasteiger partial charge >= 0.3 is 36.2 Å². The number of alkyl halides is 2. The SMILES string of the molecule is O.[2H]C([2H])([2H])Oc1ccnc(CS(=O)[C@H]2[N-]c3cc(OC(F)F)ccc3N2)c1OC.[Na+]. The molecule has 1 aliphatic heterocycles. The third-order valence-electron chi connectivity index (χ3n) is 3.51. The Hall–Kier alpha value is -1.66. The van der Waals surface area contributed by atoms with Crippen LogP contribution in [0.5, 0.6) is 17.2 Å². The fourth-order valence-electron chi connectivity index (χ4n) is 2.42. The van der Waals surface area contributed by atoms with Crippen LogP contribution in [0.4, 0.5) is 20.2 Å². The monoisotopic (exact) mass is 428 g/mol. The molecule has 28 heavy (non-hydrogen) atoms. The number of rotatable bonds is 7. The van der Waals surface area contributed by atoms with Gasteiger partial charge in [0, 0.05) is 34.2 Å². The van der Waals surface area contributed by atoms with E-state index in [9.17, 15) is 13.0 Å². The van der Waals surface area contributed by atoms with Crippen LogP contribution in [0.2, 0.25) is 0 Å². The molecule has 0 saturated heterocycles. The van der Waals surface area contributed by atoms with E-state index >= 15 is 0 Å². The quantitative estimate of drug-likeness (QED) is 0.597. The molecule has 3 rings (SSSR count). The fraction of sp³-hybridized carbons (Fsp3) is 0.312. The first-order chi connectivity index (χ1) is 13.7. The van der Waals surface area contributed by atoms with Crippen LogP contribution in [0.1, 0.15) is 9.81 Å². The van der Waals surface area contributed by atoms with Gasteiger partial charge in [-0.1, -0.05) is 0 Å². The van der Waals surface area contributed by atoms with E-state index in [4.69, 9.17) is 13.6 Å². The van der Waals surface area contributed by atoms with Crippen LogP contribution in [0.25, 0.3) is 5.32 Å². The number of aromatic nitrogens is 1. The number of benzene rings is 1. The van der Waals surface area contributed by atoms with Gasteiger partial charge in [-0.3, -0.25) is 9.19 Å². The number of hydrogen-bond donors (Lipinski definition) is 1. The Kier molecular flexibility index (Phi) is 7.56. The van der Waals surface area contributed by atoms with Crippen molar-refractivity contribution in [2.45, 2.75) is 17.9 Å². The molecule has 0 fully saturated rings. The molecule has 1 aromatic heterocycles. The van der Waals surface area contributed by atoms with Gasteiger partial charge < -0.3 is 30.3 Å². The largest absolute Gasteiger partial charge is 1.00 e. The summed E-state index contributed by atoms with van der Waals surface area (Å²) in [4.78, 5) is 4.09. The molecular weight excluding hydrogens is 407 g/mol. The Bertz CT molecular complexity index is 927. The summed E-state index contributed by atoms with van der Waals surface area (Å²) in [6.45, 7) is -2.96. The fourth-order valence-corrected chi connectivity index (χ4v) is 3.54. The number of pyridine rings is 1. The molecule has 0 saturated carbocycles. The van der Waals surface area contributed by atoms with Crippen molar-refractivity contribution >= 4 is 22.2 Å². The maximum atomic E-state index is 12.8. The number of anilines is 1. The molecule has 2 atom stereocenters. The summed E-state index contributed by atoms with van der Waals surface area (Å²) in [5, 5.41) is 7.15. The van der Waals surface area contributed by atoms with Crippen LogP contribution in [-0.4, -0.2) is 40.9 Å². The average molecular weight is 428 g/mol. The van der Waals surface area contributed by atoms with Crippen molar-refractivity contribution in [2.24, 2.45) is 0 Å². The third kappa shape index (κ3) is 5.45. The second-order valence-corrected chi connectivity index (χ2v) is 6.60. The van der Waals surface area contributed by atoms with Gasteiger partial charge in [-0.25, -0.2) is 0 Å². The number of ether oxygens (including phenoxy) is 3. The van der Waals surface area contributed by atoms with Gasteiger partial charge in [0.05, 0.1) is 29.7 Å². The maximum Gasteiger partial charge on any atom is 1.00 e. The van der Waals surface area contributed by atoms with Crippen molar-refractivity contribution in [3.8, 4) is 17.2 Å². The topological polar surface area (TPSA) is 115 Å². The Morgan fingerprint density at radius 1 is 1.39 bits per heavy atom. The van der Waals surface area contributed by atoms with Crippen molar-refractivity contribution in [3.63, 3.8) is 0 Å². The zero-order chi connectivity index (χ0) is 21.2. The Balaban J connectivity index is 0.00000240. The minimum atomic E-state index is -2.96. The Labute approximate surface area is 189 Å². The predicted molar refractivity (Wildman–Crippen MR) is 96.3 cm³/mol. The van der Waals surface area contributed by atoms with Gasteiger partial charge in [-0.2, -0.15) is 8.78 Å². The average Bonchev–Trinajstić information content (AvgIpc) is 3.03. The van der Waals surface area contributed by atoms with E-state index in [2.05, 4.69) is 20.4 Å². The molecule has 1 aromatic carbocycles. The molecular formula is C16H18F2N3NaO5S. The molecule has 12 heteroatoms. The van der Waals surface area contributed by atoms with Crippen LogP contribution >= 0.6 is 0 Å². The van der Waals surface area contributed by atoms with Gasteiger partial charge in [0.1, 0.15) is 5.75 Å². The zero-order valence-corrected chi connectivity index (χ0v) is 17.8. The van der Waals surface area contributed by atoms with Crippen molar-refractivity contribution in [2.75, 3.05) is 19.5 Å². The molecule has 148 valence electrons. The van der Waals surface area contributed by atoms with Crippen LogP contribution in [-0.2, 0) is 16.6 Å². The van der Waals surface area contributed by atoms with E-state index in [0.29, 0.717) is 11.4 Å². The normalized spacial score (nSPS) is 17.3. The molecule has 8 nitrogen and oxygen atoms in total. The summed E-state index contributed by atoms with van der Waals surface area (Å²) in [5.41, 5.74) is 0.220. The molecule has 0 radical (unpaired) electrons. The first-order valence-electron chi connectivity index (χ1n) is 8.80. The van der Waals surface area contributed by atoms with E-state index in [1.807, 2.05) is 0 Å². The van der Waals surface area contributed by atoms with Gasteiger partial charge in [-0.15, -0.1) is 5.69 Å². The number of hydrogen-bond acceptors (Lipinski definition) is 6. The van der Waals surface area contributed by atoms with Gasteiger partial charge in [0.25, 0.3) is 0 Å². The second-order valence-electron chi connectivity index (χ2n) is 5.10. The van der Waals surface area contributed by atoms with Crippen molar-refractivity contribution < 1.29 is 66.3 Å². The van der Waals surface area contributed by atoms with Crippen molar-refractivity contribution in [1.29, 1.82) is 0 Å². The second kappa shape index (κ2) is 10.8. The van der Waals surface area contributed by atoms with E-state index in [1.165, 1.54) is 37.6 Å². The molecule has 2 aromatic rings. The first-order valence-corrected chi connectivity index (χ1v) is 8.69. The predicted octanol–water partition coefficient (Wildman–Crippen LogP) is -0.457. The third-order valence-corrected chi connectivity index (χ3v) is 4.79. The molecule has 0 amide bonds. The first kappa shape index (κ1) is 19.6. The minimum absolute atomic E-state index is 0. The summed E-state index contributed by atoms with van der Waals surface area (Å²) in [6, 6.07) is 5.49. The Morgan fingerprint density at radius 3 is 2.86 bits per heavy atom. The van der Waals surface area contributed by atoms with Gasteiger partial charge in [0.15, 0.2) is 11.5 Å². The summed E-state index contributed by atoms with van der Waals surface area (Å²) in [6.07, 6.45) is 1.32. The number of nitrogens with zero attached hydrogens (tertiary/aromatic N) is 2. The van der Waals surface area contributed by atoms with Crippen LogP contribution < -0.4 is 49.1 Å². The summed E-state index contributed by atoms with van der Waals surface area (Å²) >= 11 is 0. The number of methoxy groups -OCH3 is 2. The summed E-state index contributed by atoms with van der Waals surface area (Å²) in [5.74, 6) is -0.173. The van der Waals surface area contributed by atoms with Crippen molar-refractivity contribution in [3.05, 3.63) is 41.5 Å². The molecule has 2 heterocycles. The summed E-state index contributed by atoms with van der Waals surface area (Å²) in [7, 11) is -3.01. The Morgan fingerprint density at radius 2 is 2.18 bits per heavy atom. The molecule has 0 bridgehead atoms. The number of nitrogens with one attached hydrogen (secondary N) is 1. The zero-order valence-electron chi connectivity index (χ0n) is 17.9. The van der Waals surface area contributed by atoms with Gasteiger partial charge in [-0.05, 0) is 18.2 Å². The molecule has 0 aliphatic carbocycles. The van der Waals surface area contributed by atoms with Gasteiger partial charge in [0.2, 0.25) is 0 Å². The molecule has 3 N–H and O–H groups in total. The molecule has 1 aliphatic rings. The standard InChI is InChI=1S/C16H16F2N3O4S.Na.H2O/c1-23-13-5-6-19-12(14(13)24-2)8-26(22)16-20-10-4-3-9(25-15(17)18)7-11(10)21-16;;/h3-7,15-16,20H,8H2,1-2H3;;1H2/q-1;+1;/t16-,26?;;/m1../s1/i1D3;;. The van der Waals surface area contributed by atoms with Crippen LogP contribution in [0, 0.1) is 0 Å². The minimum Gasteiger partial charge on any atom is -0.653 e. The molecule has 0 spiro atoms. The smallest absolute Gasteiger partial charge is 0.653 e. The van der Waals surface area contributed by atoms with Crippen LogP contribution in [0.15, 0.2) is 30.5 Å².